The fourth-order valence-corrected chi connectivity index (χ4v) is 1.07. The quantitative estimate of drug-likeness (QED) is 0.842. The Morgan fingerprint density at radius 2 is 1.82 bits per heavy atom. The highest BCUT2D eigenvalue weighted by atomic mass is 35.6. The molecule has 0 saturated heterocycles. The maximum absolute atomic E-state index is 13.1. The summed E-state index contributed by atoms with van der Waals surface area (Å²) in [7, 11) is 0. The average molecular weight is 305 g/mol. The number of hydrogen-bond acceptors (Lipinski definition) is 2. The standard InChI is InChI=1S/C9H6Cl3F2NO2/c10-9(11,12)4-17-8(16)15-7-5(13)2-1-3-6(7)14/h1-3H,4H2,(H,15,16). The lowest BCUT2D eigenvalue weighted by Gasteiger charge is -2.12. The van der Waals surface area contributed by atoms with E-state index in [1.807, 2.05) is 5.32 Å². The molecule has 0 atom stereocenters. The number of ether oxygens (including phenoxy) is 1. The van der Waals surface area contributed by atoms with E-state index in [0.717, 1.165) is 18.2 Å². The lowest BCUT2D eigenvalue weighted by molar-refractivity contribution is 0.163. The lowest BCUT2D eigenvalue weighted by atomic mass is 10.3. The van der Waals surface area contributed by atoms with Crippen LogP contribution in [0, 0.1) is 11.6 Å². The highest BCUT2D eigenvalue weighted by Gasteiger charge is 2.22. The molecule has 0 spiro atoms. The zero-order valence-electron chi connectivity index (χ0n) is 8.15. The molecule has 8 heteroatoms. The number of anilines is 1. The molecule has 0 aliphatic carbocycles. The number of halogens is 5. The molecule has 1 N–H and O–H groups in total. The number of carbonyl (C=O) groups excluding carboxylic acids is 1. The van der Waals surface area contributed by atoms with Gasteiger partial charge in [-0.2, -0.15) is 0 Å². The van der Waals surface area contributed by atoms with Gasteiger partial charge in [-0.05, 0) is 12.1 Å². The van der Waals surface area contributed by atoms with Crippen LogP contribution in [0.1, 0.15) is 0 Å². The third-order valence-electron chi connectivity index (χ3n) is 1.56. The smallest absolute Gasteiger partial charge is 0.411 e. The Labute approximate surface area is 111 Å². The maximum atomic E-state index is 13.1. The van der Waals surface area contributed by atoms with Gasteiger partial charge in [0.15, 0.2) is 0 Å². The molecule has 0 aliphatic rings. The van der Waals surface area contributed by atoms with Gasteiger partial charge in [-0.1, -0.05) is 40.9 Å². The van der Waals surface area contributed by atoms with Crippen molar-refractivity contribution in [2.24, 2.45) is 0 Å². The third kappa shape index (κ3) is 4.93. The molecule has 3 nitrogen and oxygen atoms in total. The lowest BCUT2D eigenvalue weighted by Crippen LogP contribution is -2.22. The van der Waals surface area contributed by atoms with Gasteiger partial charge in [-0.15, -0.1) is 0 Å². The fraction of sp³-hybridized carbons (Fsp3) is 0.222. The Bertz CT molecular complexity index is 403. The normalized spacial score (nSPS) is 11.1. The number of amides is 1. The average Bonchev–Trinajstić information content (AvgIpc) is 2.20. The van der Waals surface area contributed by atoms with Crippen LogP contribution in [-0.2, 0) is 4.74 Å². The van der Waals surface area contributed by atoms with E-state index in [2.05, 4.69) is 4.74 Å². The topological polar surface area (TPSA) is 38.3 Å². The minimum atomic E-state index is -1.79. The summed E-state index contributed by atoms with van der Waals surface area (Å²) in [5.74, 6) is -1.87. The second kappa shape index (κ2) is 5.71. The first-order valence-corrected chi connectivity index (χ1v) is 5.37. The number of hydrogen-bond donors (Lipinski definition) is 1. The summed E-state index contributed by atoms with van der Waals surface area (Å²) >= 11 is 16.0. The SMILES string of the molecule is O=C(Nc1c(F)cccc1F)OCC(Cl)(Cl)Cl. The van der Waals surface area contributed by atoms with Gasteiger partial charge < -0.3 is 4.74 Å². The largest absolute Gasteiger partial charge is 0.445 e. The van der Waals surface area contributed by atoms with Crippen molar-refractivity contribution in [3.63, 3.8) is 0 Å². The van der Waals surface area contributed by atoms with Gasteiger partial charge in [0, 0.05) is 0 Å². The van der Waals surface area contributed by atoms with Crippen LogP contribution in [0.4, 0.5) is 19.3 Å². The number of rotatable bonds is 2. The molecule has 1 aromatic carbocycles. The van der Waals surface area contributed by atoms with Crippen LogP contribution in [-0.4, -0.2) is 16.5 Å². The van der Waals surface area contributed by atoms with Crippen LogP contribution in [0.5, 0.6) is 0 Å². The van der Waals surface area contributed by atoms with Crippen molar-refractivity contribution in [3.8, 4) is 0 Å². The number of para-hydroxylation sites is 1. The molecular weight excluding hydrogens is 298 g/mol. The Balaban J connectivity index is 2.63. The molecule has 1 aromatic rings. The van der Waals surface area contributed by atoms with E-state index < -0.39 is 33.8 Å². The van der Waals surface area contributed by atoms with Crippen LogP contribution in [0.25, 0.3) is 0 Å². The van der Waals surface area contributed by atoms with Crippen LogP contribution >= 0.6 is 34.8 Å². The summed E-state index contributed by atoms with van der Waals surface area (Å²) < 4.78 is 28.8. The van der Waals surface area contributed by atoms with E-state index in [9.17, 15) is 13.6 Å². The molecule has 0 bridgehead atoms. The van der Waals surface area contributed by atoms with Gasteiger partial charge in [-0.25, -0.2) is 13.6 Å². The highest BCUT2D eigenvalue weighted by Crippen LogP contribution is 2.26. The highest BCUT2D eigenvalue weighted by molar-refractivity contribution is 6.67. The molecule has 17 heavy (non-hydrogen) atoms. The van der Waals surface area contributed by atoms with E-state index in [4.69, 9.17) is 34.8 Å². The molecule has 94 valence electrons. The van der Waals surface area contributed by atoms with E-state index in [1.165, 1.54) is 0 Å². The summed E-state index contributed by atoms with van der Waals surface area (Å²) in [5.41, 5.74) is -0.623. The molecule has 0 radical (unpaired) electrons. The molecule has 1 amide bonds. The van der Waals surface area contributed by atoms with Crippen molar-refractivity contribution < 1.29 is 18.3 Å². The third-order valence-corrected chi connectivity index (χ3v) is 1.88. The fourth-order valence-electron chi connectivity index (χ4n) is 0.903. The summed E-state index contributed by atoms with van der Waals surface area (Å²) in [6.07, 6.45) is -1.12. The Morgan fingerprint density at radius 1 is 1.29 bits per heavy atom. The van der Waals surface area contributed by atoms with Gasteiger partial charge >= 0.3 is 6.09 Å². The van der Waals surface area contributed by atoms with E-state index >= 15 is 0 Å². The molecule has 0 saturated carbocycles. The first-order chi connectivity index (χ1) is 7.79. The van der Waals surface area contributed by atoms with Crippen molar-refractivity contribution in [1.29, 1.82) is 0 Å². The molecule has 0 fully saturated rings. The van der Waals surface area contributed by atoms with Crippen molar-refractivity contribution in [2.75, 3.05) is 11.9 Å². The summed E-state index contributed by atoms with van der Waals surface area (Å²) in [4.78, 5) is 11.1. The van der Waals surface area contributed by atoms with E-state index in [-0.39, 0.29) is 0 Å². The first-order valence-electron chi connectivity index (χ1n) is 4.24. The van der Waals surface area contributed by atoms with Gasteiger partial charge in [0.1, 0.15) is 23.9 Å². The monoisotopic (exact) mass is 303 g/mol. The number of carbonyl (C=O) groups is 1. The molecule has 0 unspecified atom stereocenters. The Hall–Kier alpha value is -0.780. The first kappa shape index (κ1) is 14.3. The minimum absolute atomic E-state index is 0.542. The summed E-state index contributed by atoms with van der Waals surface area (Å²) in [5, 5.41) is 1.86. The molecule has 0 heterocycles. The predicted molar refractivity (Wildman–Crippen MR) is 61.6 cm³/mol. The van der Waals surface area contributed by atoms with Crippen molar-refractivity contribution in [2.45, 2.75) is 3.79 Å². The number of alkyl halides is 3. The zero-order valence-corrected chi connectivity index (χ0v) is 10.4. The zero-order chi connectivity index (χ0) is 13.1. The van der Waals surface area contributed by atoms with Crippen LogP contribution in [0.3, 0.4) is 0 Å². The van der Waals surface area contributed by atoms with E-state index in [1.54, 1.807) is 0 Å². The van der Waals surface area contributed by atoms with Crippen molar-refractivity contribution in [1.82, 2.24) is 0 Å². The van der Waals surface area contributed by atoms with Crippen LogP contribution in [0.2, 0.25) is 0 Å². The predicted octanol–water partition coefficient (Wildman–Crippen LogP) is 3.88. The minimum Gasteiger partial charge on any atom is -0.445 e. The van der Waals surface area contributed by atoms with Gasteiger partial charge in [0.05, 0.1) is 0 Å². The maximum Gasteiger partial charge on any atom is 0.411 e. The number of benzene rings is 1. The Kier molecular flexibility index (Phi) is 4.80. The second-order valence-corrected chi connectivity index (χ2v) is 5.43. The van der Waals surface area contributed by atoms with Crippen molar-refractivity contribution >= 4 is 46.6 Å². The Morgan fingerprint density at radius 3 is 2.29 bits per heavy atom. The van der Waals surface area contributed by atoms with Gasteiger partial charge in [0.25, 0.3) is 0 Å². The molecule has 0 aromatic heterocycles. The molecular formula is C9H6Cl3F2NO2. The van der Waals surface area contributed by atoms with E-state index in [0.29, 0.717) is 0 Å². The van der Waals surface area contributed by atoms with Gasteiger partial charge in [-0.3, -0.25) is 5.32 Å². The molecule has 1 rings (SSSR count). The van der Waals surface area contributed by atoms with Crippen LogP contribution in [0.15, 0.2) is 18.2 Å². The molecule has 0 aliphatic heterocycles. The van der Waals surface area contributed by atoms with Crippen LogP contribution < -0.4 is 5.32 Å². The summed E-state index contributed by atoms with van der Waals surface area (Å²) in [6.45, 7) is -0.542. The van der Waals surface area contributed by atoms with Gasteiger partial charge in [0.2, 0.25) is 3.79 Å². The van der Waals surface area contributed by atoms with Crippen molar-refractivity contribution in [3.05, 3.63) is 29.8 Å². The number of nitrogens with one attached hydrogen (secondary N) is 1. The summed E-state index contributed by atoms with van der Waals surface area (Å²) in [6, 6.07) is 3.11. The second-order valence-electron chi connectivity index (χ2n) is 2.91.